The molecule has 0 aromatic heterocycles. The van der Waals surface area contributed by atoms with Gasteiger partial charge < -0.3 is 15.0 Å². The van der Waals surface area contributed by atoms with Gasteiger partial charge in [0.1, 0.15) is 5.78 Å². The van der Waals surface area contributed by atoms with E-state index in [-0.39, 0.29) is 39.8 Å². The van der Waals surface area contributed by atoms with Crippen molar-refractivity contribution >= 4 is 11.8 Å². The van der Waals surface area contributed by atoms with Gasteiger partial charge in [-0.3, -0.25) is 9.59 Å². The van der Waals surface area contributed by atoms with Crippen LogP contribution < -0.4 is 0 Å². The molecule has 6 rings (SSSR count). The van der Waals surface area contributed by atoms with Gasteiger partial charge in [0.15, 0.2) is 0 Å². The molecule has 2 heterocycles. The number of quaternary nitrogens is 1. The van der Waals surface area contributed by atoms with Crippen LogP contribution in [0.3, 0.4) is 0 Å². The largest absolute Gasteiger partial charge is 0.633 e. The van der Waals surface area contributed by atoms with Crippen LogP contribution in [0.2, 0.25) is 0 Å². The molecule has 9 atom stereocenters. The van der Waals surface area contributed by atoms with E-state index in [1.54, 1.807) is 0 Å². The van der Waals surface area contributed by atoms with Crippen LogP contribution in [0.15, 0.2) is 11.1 Å². The molecule has 0 aromatic rings. The van der Waals surface area contributed by atoms with Gasteiger partial charge in [0, 0.05) is 29.6 Å². The number of allylic oxidation sites excluding steroid dienone is 2. The van der Waals surface area contributed by atoms with Crippen LogP contribution in [-0.4, -0.2) is 40.6 Å². The number of ketones is 1. The summed E-state index contributed by atoms with van der Waals surface area (Å²) in [5, 5.41) is 23.9. The molecule has 0 amide bonds. The van der Waals surface area contributed by atoms with Crippen molar-refractivity contribution in [2.24, 2.45) is 40.4 Å². The number of fused-ring (bicyclic) bond motifs is 1. The molecule has 0 radical (unpaired) electrons. The minimum Gasteiger partial charge on any atom is -0.633 e. The summed E-state index contributed by atoms with van der Waals surface area (Å²) in [6, 6.07) is -0.0259. The Morgan fingerprint density at radius 3 is 2.70 bits per heavy atom. The molecule has 146 valence electrons. The van der Waals surface area contributed by atoms with E-state index >= 15 is 0 Å². The van der Waals surface area contributed by atoms with Crippen molar-refractivity contribution in [3.63, 3.8) is 0 Å². The zero-order chi connectivity index (χ0) is 18.9. The van der Waals surface area contributed by atoms with Gasteiger partial charge in [-0.05, 0) is 38.0 Å². The Morgan fingerprint density at radius 2 is 1.96 bits per heavy atom. The molecule has 2 saturated carbocycles. The molecular weight excluding hydrogens is 342 g/mol. The maximum Gasteiger partial charge on any atom is 0.307 e. The van der Waals surface area contributed by atoms with Gasteiger partial charge in [-0.15, -0.1) is 0 Å². The van der Waals surface area contributed by atoms with Crippen LogP contribution in [0.25, 0.3) is 0 Å². The number of nitrogens with zero attached hydrogens (tertiary/aromatic N) is 1. The van der Waals surface area contributed by atoms with E-state index in [0.717, 1.165) is 32.1 Å². The summed E-state index contributed by atoms with van der Waals surface area (Å²) >= 11 is 0. The Balaban J connectivity index is 1.66. The molecule has 2 saturated heterocycles. The first-order valence-electron chi connectivity index (χ1n) is 10.8. The van der Waals surface area contributed by atoms with Crippen LogP contribution in [0.1, 0.15) is 52.4 Å². The van der Waals surface area contributed by atoms with E-state index in [1.165, 1.54) is 11.1 Å². The maximum atomic E-state index is 14.2. The molecule has 27 heavy (non-hydrogen) atoms. The molecule has 0 aromatic carbocycles. The van der Waals surface area contributed by atoms with E-state index in [2.05, 4.69) is 13.8 Å². The number of carbonyl (C=O) groups is 2. The van der Waals surface area contributed by atoms with Crippen molar-refractivity contribution in [3.05, 3.63) is 16.4 Å². The zero-order valence-electron chi connectivity index (χ0n) is 16.2. The zero-order valence-corrected chi connectivity index (χ0v) is 16.2. The lowest BCUT2D eigenvalue weighted by Gasteiger charge is -2.62. The molecule has 2 bridgehead atoms. The number of Topliss-reactive ketones (excluding diaryl/α,β-unsaturated/α-hetero) is 1. The third-order valence-electron chi connectivity index (χ3n) is 10.2. The molecule has 6 aliphatic rings. The van der Waals surface area contributed by atoms with Crippen molar-refractivity contribution in [2.75, 3.05) is 13.1 Å². The van der Waals surface area contributed by atoms with Crippen LogP contribution in [0.5, 0.6) is 0 Å². The maximum absolute atomic E-state index is 14.2. The van der Waals surface area contributed by atoms with Gasteiger partial charge >= 0.3 is 5.97 Å². The predicted molar refractivity (Wildman–Crippen MR) is 98.2 cm³/mol. The van der Waals surface area contributed by atoms with Crippen LogP contribution in [0, 0.1) is 45.6 Å². The number of hydrogen-bond acceptors (Lipinski definition) is 3. The van der Waals surface area contributed by atoms with E-state index in [4.69, 9.17) is 0 Å². The van der Waals surface area contributed by atoms with Gasteiger partial charge in [-0.2, -0.15) is 0 Å². The van der Waals surface area contributed by atoms with E-state index < -0.39 is 17.3 Å². The highest BCUT2D eigenvalue weighted by molar-refractivity contribution is 5.95. The topological polar surface area (TPSA) is 77.4 Å². The summed E-state index contributed by atoms with van der Waals surface area (Å²) in [6.07, 6.45) is 5.01. The standard InChI is InChI=1S/C22H29NO4/c1-11-9-23(27)10-13-5-3-12-4-6-14-16(20(25)26)8-22(18(12)14)19(24)15(11)7-17(23)21(13,22)2/h11,13-17H,3-10H2,1-2H3,(H,25,26). The Bertz CT molecular complexity index is 819. The van der Waals surface area contributed by atoms with E-state index in [0.29, 0.717) is 25.3 Å². The molecule has 1 N–H and O–H groups in total. The highest BCUT2D eigenvalue weighted by atomic mass is 16.6. The minimum atomic E-state index is -0.742. The van der Waals surface area contributed by atoms with Crippen LogP contribution in [0.4, 0.5) is 0 Å². The lowest BCUT2D eigenvalue weighted by Crippen LogP contribution is -2.68. The molecule has 5 heteroatoms. The summed E-state index contributed by atoms with van der Waals surface area (Å²) in [7, 11) is 0. The fourth-order valence-corrected chi connectivity index (χ4v) is 9.23. The number of carbonyl (C=O) groups excluding carboxylic acids is 1. The first kappa shape index (κ1) is 16.7. The summed E-state index contributed by atoms with van der Waals surface area (Å²) < 4.78 is -0.126. The number of hydroxylamine groups is 3. The third kappa shape index (κ3) is 1.56. The average molecular weight is 371 g/mol. The number of carboxylic acid groups (broad SMARTS) is 1. The quantitative estimate of drug-likeness (QED) is 0.436. The minimum absolute atomic E-state index is 0.0259. The van der Waals surface area contributed by atoms with Crippen LogP contribution in [-0.2, 0) is 9.59 Å². The molecule has 4 aliphatic carbocycles. The molecule has 2 aliphatic heterocycles. The Kier molecular flexibility index (Phi) is 2.90. The third-order valence-corrected chi connectivity index (χ3v) is 10.2. The lowest BCUT2D eigenvalue weighted by molar-refractivity contribution is -0.908. The summed E-state index contributed by atoms with van der Waals surface area (Å²) in [4.78, 5) is 26.3. The second kappa shape index (κ2) is 4.68. The van der Waals surface area contributed by atoms with Crippen molar-refractivity contribution in [1.29, 1.82) is 0 Å². The lowest BCUT2D eigenvalue weighted by atomic mass is 9.45. The van der Waals surface area contributed by atoms with Crippen LogP contribution >= 0.6 is 0 Å². The van der Waals surface area contributed by atoms with Gasteiger partial charge in [0.2, 0.25) is 0 Å². The fourth-order valence-electron chi connectivity index (χ4n) is 9.23. The predicted octanol–water partition coefficient (Wildman–Crippen LogP) is 3.14. The van der Waals surface area contributed by atoms with Crippen molar-refractivity contribution < 1.29 is 19.3 Å². The Morgan fingerprint density at radius 1 is 1.22 bits per heavy atom. The summed E-state index contributed by atoms with van der Waals surface area (Å²) in [5.41, 5.74) is 1.60. The number of piperidine rings is 1. The SMILES string of the molecule is CC1C[N+]2([O-])CC3CCC4=C5C(CC4)C(C(=O)O)CC54C(=O)C1CC2C34C. The Hall–Kier alpha value is -1.20. The van der Waals surface area contributed by atoms with Gasteiger partial charge in [0.25, 0.3) is 0 Å². The summed E-state index contributed by atoms with van der Waals surface area (Å²) in [6.45, 7) is 5.51. The monoisotopic (exact) mass is 371 g/mol. The van der Waals surface area contributed by atoms with Crippen molar-refractivity contribution in [1.82, 2.24) is 0 Å². The Labute approximate surface area is 160 Å². The molecule has 4 fully saturated rings. The second-order valence-corrected chi connectivity index (χ2v) is 10.8. The van der Waals surface area contributed by atoms with E-state index in [1.807, 2.05) is 0 Å². The summed E-state index contributed by atoms with van der Waals surface area (Å²) in [5.74, 6) is -0.540. The fraction of sp³-hybridized carbons (Fsp3) is 0.818. The number of aliphatic carboxylic acids is 1. The highest BCUT2D eigenvalue weighted by Crippen LogP contribution is 2.75. The molecule has 1 spiro atoms. The molecule has 9 unspecified atom stereocenters. The van der Waals surface area contributed by atoms with Crippen molar-refractivity contribution in [3.8, 4) is 0 Å². The smallest absolute Gasteiger partial charge is 0.307 e. The van der Waals surface area contributed by atoms with Gasteiger partial charge in [-0.25, -0.2) is 0 Å². The number of hydrogen-bond donors (Lipinski definition) is 1. The van der Waals surface area contributed by atoms with Crippen molar-refractivity contribution in [2.45, 2.75) is 58.4 Å². The second-order valence-electron chi connectivity index (χ2n) is 10.8. The van der Waals surface area contributed by atoms with Gasteiger partial charge in [0.05, 0.1) is 30.5 Å². The highest BCUT2D eigenvalue weighted by Gasteiger charge is 2.79. The number of rotatable bonds is 1. The molecular formula is C22H29NO4. The molecule has 5 nitrogen and oxygen atoms in total. The normalized spacial score (nSPS) is 57.7. The first-order chi connectivity index (χ1) is 12.7. The average Bonchev–Trinajstić information content (AvgIpc) is 3.19. The number of carboxylic acids is 1. The first-order valence-corrected chi connectivity index (χ1v) is 10.8. The van der Waals surface area contributed by atoms with E-state index in [9.17, 15) is 19.9 Å². The van der Waals surface area contributed by atoms with Gasteiger partial charge in [-0.1, -0.05) is 25.0 Å².